The van der Waals surface area contributed by atoms with Gasteiger partial charge in [0, 0.05) is 40.7 Å². The van der Waals surface area contributed by atoms with Gasteiger partial charge in [-0.25, -0.2) is 0 Å². The maximum absolute atomic E-state index is 13.0. The molecule has 5 heteroatoms. The van der Waals surface area contributed by atoms with Gasteiger partial charge in [0.1, 0.15) is 11.9 Å². The number of benzene rings is 1. The number of nitrogens with zero attached hydrogens (tertiary/aromatic N) is 2. The zero-order valence-corrected chi connectivity index (χ0v) is 15.5. The van der Waals surface area contributed by atoms with Crippen molar-refractivity contribution in [2.24, 2.45) is 10.4 Å². The number of carbonyl (C=O) groups excluding carboxylic acids is 1. The summed E-state index contributed by atoms with van der Waals surface area (Å²) in [4.78, 5) is 22.0. The third-order valence-corrected chi connectivity index (χ3v) is 5.20. The molecular weight excluding hydrogens is 346 g/mol. The van der Waals surface area contributed by atoms with Crippen molar-refractivity contribution in [2.75, 3.05) is 0 Å². The Morgan fingerprint density at radius 3 is 2.69 bits per heavy atom. The van der Waals surface area contributed by atoms with Crippen molar-refractivity contribution in [3.05, 3.63) is 76.2 Å². The summed E-state index contributed by atoms with van der Waals surface area (Å²) in [6.45, 7) is 4.24. The number of aromatic nitrogens is 1. The number of ketones is 1. The van der Waals surface area contributed by atoms with E-state index in [2.05, 4.69) is 24.1 Å². The van der Waals surface area contributed by atoms with Crippen molar-refractivity contribution < 1.29 is 4.79 Å². The third kappa shape index (κ3) is 3.06. The molecule has 1 aliphatic heterocycles. The van der Waals surface area contributed by atoms with E-state index in [0.717, 1.165) is 34.7 Å². The summed E-state index contributed by atoms with van der Waals surface area (Å²) in [5.74, 6) is 0.870. The molecule has 0 bridgehead atoms. The Kier molecular flexibility index (Phi) is 4.16. The monoisotopic (exact) mass is 365 g/mol. The Morgan fingerprint density at radius 2 is 1.96 bits per heavy atom. The molecule has 1 atom stereocenters. The molecule has 2 heterocycles. The molecule has 2 aliphatic rings. The highest BCUT2D eigenvalue weighted by molar-refractivity contribution is 6.31. The van der Waals surface area contributed by atoms with Crippen LogP contribution in [0.4, 0.5) is 0 Å². The number of hydrogen-bond acceptors (Lipinski definition) is 4. The van der Waals surface area contributed by atoms with Crippen molar-refractivity contribution in [3.63, 3.8) is 0 Å². The van der Waals surface area contributed by atoms with E-state index < -0.39 is 6.04 Å². The molecule has 1 aliphatic carbocycles. The van der Waals surface area contributed by atoms with Gasteiger partial charge in [-0.2, -0.15) is 0 Å². The Morgan fingerprint density at radius 1 is 1.15 bits per heavy atom. The van der Waals surface area contributed by atoms with Crippen molar-refractivity contribution in [1.82, 2.24) is 10.3 Å². The van der Waals surface area contributed by atoms with Gasteiger partial charge in [0.2, 0.25) is 0 Å². The lowest BCUT2D eigenvalue weighted by atomic mass is 9.73. The number of carbonyl (C=O) groups is 1. The predicted octanol–water partition coefficient (Wildman–Crippen LogP) is 4.47. The van der Waals surface area contributed by atoms with E-state index in [1.54, 1.807) is 12.4 Å². The first-order valence-electron chi connectivity index (χ1n) is 8.70. The van der Waals surface area contributed by atoms with Gasteiger partial charge >= 0.3 is 0 Å². The molecule has 1 aromatic heterocycles. The number of pyridine rings is 1. The van der Waals surface area contributed by atoms with Gasteiger partial charge in [0.15, 0.2) is 5.78 Å². The fraction of sp³-hybridized carbons (Fsp3) is 0.286. The molecule has 26 heavy (non-hydrogen) atoms. The first kappa shape index (κ1) is 17.0. The lowest BCUT2D eigenvalue weighted by Crippen LogP contribution is -2.39. The average molecular weight is 366 g/mol. The van der Waals surface area contributed by atoms with Crippen LogP contribution in [0.25, 0.3) is 0 Å². The summed E-state index contributed by atoms with van der Waals surface area (Å²) in [5, 5.41) is 4.03. The minimum Gasteiger partial charge on any atom is -0.343 e. The molecule has 0 amide bonds. The summed E-state index contributed by atoms with van der Waals surface area (Å²) < 4.78 is 0. The number of allylic oxidation sites excluding steroid dienone is 1. The highest BCUT2D eigenvalue weighted by atomic mass is 35.5. The lowest BCUT2D eigenvalue weighted by Gasteiger charge is -2.37. The fourth-order valence-electron chi connectivity index (χ4n) is 3.70. The van der Waals surface area contributed by atoms with Crippen molar-refractivity contribution in [3.8, 4) is 0 Å². The first-order valence-corrected chi connectivity index (χ1v) is 9.08. The van der Waals surface area contributed by atoms with Crippen LogP contribution < -0.4 is 5.32 Å². The second kappa shape index (κ2) is 6.36. The van der Waals surface area contributed by atoms with E-state index in [1.165, 1.54) is 0 Å². The summed E-state index contributed by atoms with van der Waals surface area (Å²) in [6.07, 6.45) is 4.83. The predicted molar refractivity (Wildman–Crippen MR) is 103 cm³/mol. The Bertz CT molecular complexity index is 931. The molecule has 4 nitrogen and oxygen atoms in total. The van der Waals surface area contributed by atoms with Crippen LogP contribution in [-0.4, -0.2) is 16.6 Å². The van der Waals surface area contributed by atoms with Gasteiger partial charge in [0.25, 0.3) is 0 Å². The second-order valence-electron chi connectivity index (χ2n) is 7.60. The van der Waals surface area contributed by atoms with E-state index in [0.29, 0.717) is 11.4 Å². The van der Waals surface area contributed by atoms with Crippen LogP contribution in [-0.2, 0) is 4.79 Å². The number of Topliss-reactive ketones (excluding diaryl/α,β-unsaturated/α-hetero) is 1. The van der Waals surface area contributed by atoms with Gasteiger partial charge in [-0.1, -0.05) is 43.6 Å². The van der Waals surface area contributed by atoms with Gasteiger partial charge in [-0.05, 0) is 35.6 Å². The van der Waals surface area contributed by atoms with Gasteiger partial charge in [-0.3, -0.25) is 14.8 Å². The lowest BCUT2D eigenvalue weighted by molar-refractivity contribution is -0.118. The number of halogens is 1. The molecule has 0 spiro atoms. The molecule has 4 rings (SSSR count). The highest BCUT2D eigenvalue weighted by Crippen LogP contribution is 2.44. The zero-order chi connectivity index (χ0) is 18.3. The molecule has 2 aromatic rings. The Labute approximate surface area is 158 Å². The zero-order valence-electron chi connectivity index (χ0n) is 14.8. The van der Waals surface area contributed by atoms with Gasteiger partial charge < -0.3 is 5.32 Å². The third-order valence-electron chi connectivity index (χ3n) is 4.86. The summed E-state index contributed by atoms with van der Waals surface area (Å²) >= 11 is 6.45. The van der Waals surface area contributed by atoms with Crippen LogP contribution >= 0.6 is 11.6 Å². The molecule has 0 saturated heterocycles. The quantitative estimate of drug-likeness (QED) is 0.854. The SMILES string of the molecule is CC1(C)CC(=O)C2=C(C1)NC(c1cccnc1)=NC2c1ccccc1Cl. The number of aliphatic imine (C=N–C) groups is 1. The average Bonchev–Trinajstić information content (AvgIpc) is 2.61. The maximum Gasteiger partial charge on any atom is 0.163 e. The standard InChI is InChI=1S/C21H20ClN3O/c1-21(2)10-16-18(17(26)11-21)19(14-7-3-4-8-15(14)22)25-20(24-16)13-6-5-9-23-12-13/h3-9,12,19H,10-11H2,1-2H3,(H,24,25). The molecular formula is C21H20ClN3O. The molecule has 132 valence electrons. The van der Waals surface area contributed by atoms with E-state index in [9.17, 15) is 4.79 Å². The van der Waals surface area contributed by atoms with Crippen molar-refractivity contribution in [2.45, 2.75) is 32.7 Å². The van der Waals surface area contributed by atoms with E-state index in [1.807, 2.05) is 36.4 Å². The number of nitrogens with one attached hydrogen (secondary N) is 1. The minimum atomic E-state index is -0.390. The van der Waals surface area contributed by atoms with Crippen LogP contribution in [0, 0.1) is 5.41 Å². The van der Waals surface area contributed by atoms with E-state index >= 15 is 0 Å². The minimum absolute atomic E-state index is 0.0780. The van der Waals surface area contributed by atoms with E-state index in [-0.39, 0.29) is 11.2 Å². The van der Waals surface area contributed by atoms with Crippen LogP contribution in [0.3, 0.4) is 0 Å². The summed E-state index contributed by atoms with van der Waals surface area (Å²) in [6, 6.07) is 11.1. The maximum atomic E-state index is 13.0. The Balaban J connectivity index is 1.87. The number of rotatable bonds is 2. The summed E-state index contributed by atoms with van der Waals surface area (Å²) in [5.41, 5.74) is 3.37. The van der Waals surface area contributed by atoms with Crippen molar-refractivity contribution >= 4 is 23.2 Å². The topological polar surface area (TPSA) is 54.4 Å². The highest BCUT2D eigenvalue weighted by Gasteiger charge is 2.39. The van der Waals surface area contributed by atoms with Gasteiger partial charge in [0.05, 0.1) is 0 Å². The van der Waals surface area contributed by atoms with Crippen LogP contribution in [0.5, 0.6) is 0 Å². The first-order chi connectivity index (χ1) is 12.4. The largest absolute Gasteiger partial charge is 0.343 e. The van der Waals surface area contributed by atoms with E-state index in [4.69, 9.17) is 16.6 Å². The van der Waals surface area contributed by atoms with Crippen LogP contribution in [0.15, 0.2) is 65.1 Å². The smallest absolute Gasteiger partial charge is 0.163 e. The molecule has 0 radical (unpaired) electrons. The normalized spacial score (nSPS) is 21.7. The number of amidine groups is 1. The Hall–Kier alpha value is -2.46. The molecule has 1 unspecified atom stereocenters. The number of hydrogen-bond donors (Lipinski definition) is 1. The molecule has 1 N–H and O–H groups in total. The van der Waals surface area contributed by atoms with Crippen molar-refractivity contribution in [1.29, 1.82) is 0 Å². The second-order valence-corrected chi connectivity index (χ2v) is 8.01. The van der Waals surface area contributed by atoms with Crippen LogP contribution in [0.2, 0.25) is 5.02 Å². The molecule has 0 fully saturated rings. The van der Waals surface area contributed by atoms with Gasteiger partial charge in [-0.15, -0.1) is 0 Å². The van der Waals surface area contributed by atoms with Crippen LogP contribution in [0.1, 0.15) is 43.9 Å². The molecule has 0 saturated carbocycles. The fourth-order valence-corrected chi connectivity index (χ4v) is 3.94. The summed E-state index contributed by atoms with van der Waals surface area (Å²) in [7, 11) is 0. The molecule has 1 aromatic carbocycles.